The fourth-order valence-electron chi connectivity index (χ4n) is 4.05. The van der Waals surface area contributed by atoms with E-state index in [0.717, 1.165) is 10.4 Å². The number of carbonyl (C=O) groups excluding carboxylic acids is 2. The number of fused-ring (bicyclic) bond motifs is 1. The smallest absolute Gasteiger partial charge is 0.179 e. The molecule has 0 spiro atoms. The van der Waals surface area contributed by atoms with Crippen LogP contribution in [0.5, 0.6) is 5.75 Å². The molecule has 166 valence electrons. The van der Waals surface area contributed by atoms with Crippen molar-refractivity contribution in [1.29, 1.82) is 0 Å². The first-order chi connectivity index (χ1) is 16.1. The van der Waals surface area contributed by atoms with Crippen LogP contribution in [0.4, 0.5) is 4.39 Å². The quantitative estimate of drug-likeness (QED) is 0.357. The number of benzene rings is 2. The van der Waals surface area contributed by atoms with E-state index in [4.69, 9.17) is 4.74 Å². The standard InChI is InChI=1S/C26H21FN2O3S/c27-19-13-18(8-11-24(19)32-16-17-5-2-1-3-6-17)25-15-28-26(33-25)14-23(31)21-9-10-22(30)20-7-4-12-29(20)21/h1-8,11-13,15,21H,9-10,14,16H2. The minimum Gasteiger partial charge on any atom is -0.486 e. The van der Waals surface area contributed by atoms with Crippen LogP contribution in [0.2, 0.25) is 0 Å². The fourth-order valence-corrected chi connectivity index (χ4v) is 4.98. The van der Waals surface area contributed by atoms with Gasteiger partial charge in [-0.3, -0.25) is 9.59 Å². The minimum atomic E-state index is -0.443. The van der Waals surface area contributed by atoms with Gasteiger partial charge in [-0.1, -0.05) is 30.3 Å². The van der Waals surface area contributed by atoms with Crippen molar-refractivity contribution < 1.29 is 18.7 Å². The molecule has 0 fully saturated rings. The molecule has 1 atom stereocenters. The summed E-state index contributed by atoms with van der Waals surface area (Å²) < 4.78 is 22.0. The summed E-state index contributed by atoms with van der Waals surface area (Å²) in [6.07, 6.45) is 4.51. The number of nitrogens with zero attached hydrogens (tertiary/aromatic N) is 2. The summed E-state index contributed by atoms with van der Waals surface area (Å²) in [5.74, 6) is -0.158. The lowest BCUT2D eigenvalue weighted by Gasteiger charge is -2.24. The molecule has 0 saturated carbocycles. The Kier molecular flexibility index (Phi) is 5.88. The first kappa shape index (κ1) is 21.3. The van der Waals surface area contributed by atoms with E-state index >= 15 is 0 Å². The molecule has 0 aliphatic carbocycles. The number of ketones is 2. The van der Waals surface area contributed by atoms with E-state index in [1.807, 2.05) is 30.3 Å². The Hall–Kier alpha value is -3.58. The maximum atomic E-state index is 14.6. The van der Waals surface area contributed by atoms with Gasteiger partial charge in [0, 0.05) is 18.8 Å². The topological polar surface area (TPSA) is 61.2 Å². The zero-order valence-corrected chi connectivity index (χ0v) is 18.6. The van der Waals surface area contributed by atoms with Crippen LogP contribution in [0.15, 0.2) is 73.1 Å². The Labute approximate surface area is 194 Å². The highest BCUT2D eigenvalue weighted by Crippen LogP contribution is 2.32. The van der Waals surface area contributed by atoms with Crippen molar-refractivity contribution in [2.75, 3.05) is 0 Å². The van der Waals surface area contributed by atoms with E-state index in [-0.39, 0.29) is 29.8 Å². The first-order valence-corrected chi connectivity index (χ1v) is 11.5. The Bertz CT molecular complexity index is 1310. The van der Waals surface area contributed by atoms with Crippen LogP contribution in [0.3, 0.4) is 0 Å². The van der Waals surface area contributed by atoms with Crippen molar-refractivity contribution in [1.82, 2.24) is 9.55 Å². The Morgan fingerprint density at radius 2 is 2.00 bits per heavy atom. The number of hydrogen-bond donors (Lipinski definition) is 0. The molecular weight excluding hydrogens is 439 g/mol. The van der Waals surface area contributed by atoms with Crippen LogP contribution in [0, 0.1) is 5.82 Å². The lowest BCUT2D eigenvalue weighted by Crippen LogP contribution is -2.28. The summed E-state index contributed by atoms with van der Waals surface area (Å²) in [5, 5.41) is 0.672. The van der Waals surface area contributed by atoms with Crippen LogP contribution < -0.4 is 4.74 Å². The Balaban J connectivity index is 1.26. The molecule has 2 aromatic carbocycles. The molecule has 1 aliphatic heterocycles. The fraction of sp³-hybridized carbons (Fsp3) is 0.192. The number of hydrogen-bond acceptors (Lipinski definition) is 5. The zero-order chi connectivity index (χ0) is 22.8. The number of halogens is 1. The van der Waals surface area contributed by atoms with Gasteiger partial charge in [-0.25, -0.2) is 9.37 Å². The molecule has 7 heteroatoms. The molecule has 3 heterocycles. The second-order valence-corrected chi connectivity index (χ2v) is 9.07. The van der Waals surface area contributed by atoms with Gasteiger partial charge >= 0.3 is 0 Å². The molecule has 33 heavy (non-hydrogen) atoms. The van der Waals surface area contributed by atoms with Crippen molar-refractivity contribution >= 4 is 22.9 Å². The molecular formula is C26H21FN2O3S. The van der Waals surface area contributed by atoms with E-state index in [2.05, 4.69) is 4.98 Å². The summed E-state index contributed by atoms with van der Waals surface area (Å²) in [7, 11) is 0. The maximum Gasteiger partial charge on any atom is 0.179 e. The molecule has 0 bridgehead atoms. The summed E-state index contributed by atoms with van der Waals surface area (Å²) in [6, 6.07) is 17.6. The minimum absolute atomic E-state index is 0.0247. The molecule has 0 amide bonds. The van der Waals surface area contributed by atoms with E-state index in [1.54, 1.807) is 41.2 Å². The Morgan fingerprint density at radius 1 is 1.15 bits per heavy atom. The van der Waals surface area contributed by atoms with Crippen molar-refractivity contribution in [2.24, 2.45) is 0 Å². The van der Waals surface area contributed by atoms with Gasteiger partial charge in [0.2, 0.25) is 0 Å². The maximum absolute atomic E-state index is 14.6. The highest BCUT2D eigenvalue weighted by atomic mass is 32.1. The van der Waals surface area contributed by atoms with Gasteiger partial charge in [-0.2, -0.15) is 0 Å². The third kappa shape index (κ3) is 4.50. The number of Topliss-reactive ketones (excluding diaryl/α,β-unsaturated/α-hetero) is 2. The van der Waals surface area contributed by atoms with Crippen molar-refractivity contribution in [3.8, 4) is 16.2 Å². The SMILES string of the molecule is O=C1CCC(C(=O)Cc2ncc(-c3ccc(OCc4ccccc4)c(F)c3)s2)n2cccc21. The number of thiazole rings is 1. The average Bonchev–Trinajstić information content (AvgIpc) is 3.50. The monoisotopic (exact) mass is 460 g/mol. The third-order valence-electron chi connectivity index (χ3n) is 5.75. The predicted molar refractivity (Wildman–Crippen MR) is 124 cm³/mol. The van der Waals surface area contributed by atoms with Gasteiger partial charge in [0.15, 0.2) is 23.1 Å². The van der Waals surface area contributed by atoms with Crippen LogP contribution in [0.1, 0.15) is 39.9 Å². The molecule has 4 aromatic rings. The molecule has 5 rings (SSSR count). The molecule has 0 N–H and O–H groups in total. The van der Waals surface area contributed by atoms with E-state index in [9.17, 15) is 14.0 Å². The number of rotatable bonds is 7. The molecule has 1 aliphatic rings. The van der Waals surface area contributed by atoms with Crippen molar-refractivity contribution in [3.63, 3.8) is 0 Å². The Morgan fingerprint density at radius 3 is 2.82 bits per heavy atom. The van der Waals surface area contributed by atoms with Crippen LogP contribution in [-0.2, 0) is 17.8 Å². The van der Waals surface area contributed by atoms with Gasteiger partial charge in [0.1, 0.15) is 11.6 Å². The summed E-state index contributed by atoms with van der Waals surface area (Å²) in [4.78, 5) is 30.1. The summed E-state index contributed by atoms with van der Waals surface area (Å²) >= 11 is 1.37. The molecule has 1 unspecified atom stereocenters. The summed E-state index contributed by atoms with van der Waals surface area (Å²) in [6.45, 7) is 0.291. The van der Waals surface area contributed by atoms with Gasteiger partial charge < -0.3 is 9.30 Å². The zero-order valence-electron chi connectivity index (χ0n) is 17.7. The molecule has 5 nitrogen and oxygen atoms in total. The third-order valence-corrected chi connectivity index (χ3v) is 6.80. The van der Waals surface area contributed by atoms with E-state index in [0.29, 0.717) is 35.7 Å². The van der Waals surface area contributed by atoms with E-state index in [1.165, 1.54) is 17.4 Å². The number of carbonyl (C=O) groups is 2. The second-order valence-electron chi connectivity index (χ2n) is 7.96. The van der Waals surface area contributed by atoms with Crippen LogP contribution in [0.25, 0.3) is 10.4 Å². The molecule has 0 radical (unpaired) electrons. The van der Waals surface area contributed by atoms with Gasteiger partial charge in [0.25, 0.3) is 0 Å². The molecule has 0 saturated heterocycles. The predicted octanol–water partition coefficient (Wildman–Crippen LogP) is 5.66. The first-order valence-electron chi connectivity index (χ1n) is 10.7. The molecule has 2 aromatic heterocycles. The highest BCUT2D eigenvalue weighted by molar-refractivity contribution is 7.15. The van der Waals surface area contributed by atoms with Crippen molar-refractivity contribution in [3.05, 3.63) is 95.1 Å². The van der Waals surface area contributed by atoms with Crippen LogP contribution >= 0.6 is 11.3 Å². The van der Waals surface area contributed by atoms with Crippen molar-refractivity contribution in [2.45, 2.75) is 31.9 Å². The van der Waals surface area contributed by atoms with Crippen LogP contribution in [-0.4, -0.2) is 21.1 Å². The van der Waals surface area contributed by atoms with E-state index < -0.39 is 5.82 Å². The summed E-state index contributed by atoms with van der Waals surface area (Å²) in [5.41, 5.74) is 2.24. The van der Waals surface area contributed by atoms with Gasteiger partial charge in [-0.15, -0.1) is 11.3 Å². The number of aromatic nitrogens is 2. The largest absolute Gasteiger partial charge is 0.486 e. The lowest BCUT2D eigenvalue weighted by molar-refractivity contribution is -0.121. The normalized spacial score (nSPS) is 15.3. The lowest BCUT2D eigenvalue weighted by atomic mass is 9.97. The average molecular weight is 461 g/mol. The van der Waals surface area contributed by atoms with Gasteiger partial charge in [-0.05, 0) is 47.9 Å². The van der Waals surface area contributed by atoms with Gasteiger partial charge in [0.05, 0.1) is 23.0 Å². The highest BCUT2D eigenvalue weighted by Gasteiger charge is 2.29. The number of ether oxygens (including phenoxy) is 1. The second kappa shape index (κ2) is 9.11.